The van der Waals surface area contributed by atoms with E-state index in [4.69, 9.17) is 19.7 Å². The Morgan fingerprint density at radius 1 is 1.00 bits per heavy atom. The Kier molecular flexibility index (Phi) is 11.1. The molecule has 196 valence electrons. The number of hydrogen-bond donors (Lipinski definition) is 0. The fraction of sp³-hybridized carbons (Fsp3) is 0.552. The molecule has 2 aliphatic heterocycles. The smallest absolute Gasteiger partial charge is 0.186 e. The number of nitrogens with zero attached hydrogens (tertiary/aromatic N) is 5. The minimum Gasteiger partial charge on any atom is -0.380 e. The number of rotatable bonds is 6. The molecule has 0 atom stereocenters. The van der Waals surface area contributed by atoms with E-state index in [2.05, 4.69) is 74.0 Å². The van der Waals surface area contributed by atoms with Gasteiger partial charge in [0.05, 0.1) is 23.7 Å². The summed E-state index contributed by atoms with van der Waals surface area (Å²) in [6.07, 6.45) is 5.49. The van der Waals surface area contributed by atoms with Crippen LogP contribution in [0.25, 0.3) is 10.4 Å². The highest BCUT2D eigenvalue weighted by molar-refractivity contribution is 7.19. The van der Waals surface area contributed by atoms with Crippen LogP contribution in [0.15, 0.2) is 52.1 Å². The van der Waals surface area contributed by atoms with Crippen LogP contribution >= 0.6 is 11.3 Å². The number of benzene rings is 1. The summed E-state index contributed by atoms with van der Waals surface area (Å²) < 4.78 is 5.69. The summed E-state index contributed by atoms with van der Waals surface area (Å²) in [5, 5.41) is 1.04. The summed E-state index contributed by atoms with van der Waals surface area (Å²) in [6.45, 7) is 17.4. The Morgan fingerprint density at radius 3 is 2.47 bits per heavy atom. The molecule has 0 radical (unpaired) electrons. The zero-order valence-electron chi connectivity index (χ0n) is 23.0. The van der Waals surface area contributed by atoms with Gasteiger partial charge in [-0.25, -0.2) is 4.98 Å². The lowest BCUT2D eigenvalue weighted by Gasteiger charge is -2.28. The normalized spacial score (nSPS) is 20.0. The first-order valence-corrected chi connectivity index (χ1v) is 14.3. The van der Waals surface area contributed by atoms with Gasteiger partial charge >= 0.3 is 0 Å². The summed E-state index contributed by atoms with van der Waals surface area (Å²) in [5.41, 5.74) is 5.23. The fourth-order valence-corrected chi connectivity index (χ4v) is 5.62. The van der Waals surface area contributed by atoms with Crippen LogP contribution in [-0.2, 0) is 4.74 Å². The summed E-state index contributed by atoms with van der Waals surface area (Å²) in [5.74, 6) is 0. The topological polar surface area (TPSA) is 53.3 Å². The molecule has 4 rings (SSSR count). The van der Waals surface area contributed by atoms with Gasteiger partial charge in [0.2, 0.25) is 0 Å². The van der Waals surface area contributed by atoms with E-state index in [0.717, 1.165) is 72.7 Å². The lowest BCUT2D eigenvalue weighted by Crippen LogP contribution is -2.31. The Bertz CT molecular complexity index is 1030. The van der Waals surface area contributed by atoms with Crippen molar-refractivity contribution in [2.24, 2.45) is 9.98 Å². The molecule has 0 N–H and O–H groups in total. The van der Waals surface area contributed by atoms with Crippen LogP contribution in [0.3, 0.4) is 0 Å². The molecule has 0 aliphatic carbocycles. The second kappa shape index (κ2) is 14.3. The van der Waals surface area contributed by atoms with E-state index in [-0.39, 0.29) is 0 Å². The van der Waals surface area contributed by atoms with Gasteiger partial charge in [0.1, 0.15) is 18.1 Å². The average molecular weight is 510 g/mol. The lowest BCUT2D eigenvalue weighted by atomic mass is 10.1. The molecule has 0 unspecified atom stereocenters. The molecule has 6 nitrogen and oxygen atoms in total. The quantitative estimate of drug-likeness (QED) is 0.436. The van der Waals surface area contributed by atoms with Crippen molar-refractivity contribution in [3.8, 4) is 10.4 Å². The molecule has 0 bridgehead atoms. The van der Waals surface area contributed by atoms with Gasteiger partial charge in [-0.15, -0.1) is 0 Å². The van der Waals surface area contributed by atoms with Gasteiger partial charge in [-0.1, -0.05) is 69.4 Å². The highest BCUT2D eigenvalue weighted by atomic mass is 32.1. The molecule has 0 saturated carbocycles. The highest BCUT2D eigenvalue weighted by Gasteiger charge is 2.24. The summed E-state index contributed by atoms with van der Waals surface area (Å²) >= 11 is 1.75. The van der Waals surface area contributed by atoms with E-state index < -0.39 is 0 Å². The first kappa shape index (κ1) is 28.1. The van der Waals surface area contributed by atoms with Crippen LogP contribution in [0.5, 0.6) is 0 Å². The Balaban J connectivity index is 0.00000176. The van der Waals surface area contributed by atoms with Gasteiger partial charge in [0, 0.05) is 31.9 Å². The lowest BCUT2D eigenvalue weighted by molar-refractivity contribution is 0.152. The van der Waals surface area contributed by atoms with E-state index in [0.29, 0.717) is 19.3 Å². The molecule has 2 aromatic rings. The third kappa shape index (κ3) is 7.04. The van der Waals surface area contributed by atoms with Crippen LogP contribution in [0.2, 0.25) is 0 Å². The standard InChI is InChI=1S/C27H37N5OS.C2H6/c1-5-23(6-2)32-18-20(3)17-28-24(21(4)29-19-32)25-26(22-11-8-7-9-12-22)34-27(30-25)31-13-10-15-33-16-14-31;1-2/h7-9,11-12,18,23H,5-6,10,13-17,19H2,1-4H3;1-2H3/b20-18-,28-24?,29-21-;. The van der Waals surface area contributed by atoms with Gasteiger partial charge in [-0.2, -0.15) is 0 Å². The van der Waals surface area contributed by atoms with Gasteiger partial charge in [0.15, 0.2) is 5.13 Å². The third-order valence-corrected chi connectivity index (χ3v) is 7.63. The van der Waals surface area contributed by atoms with Crippen molar-refractivity contribution in [3.05, 3.63) is 47.8 Å². The van der Waals surface area contributed by atoms with Gasteiger partial charge in [-0.3, -0.25) is 9.98 Å². The van der Waals surface area contributed by atoms with Gasteiger partial charge in [-0.05, 0) is 44.2 Å². The first-order chi connectivity index (χ1) is 17.6. The van der Waals surface area contributed by atoms with Crippen LogP contribution in [0.1, 0.15) is 66.5 Å². The van der Waals surface area contributed by atoms with Gasteiger partial charge in [0.25, 0.3) is 0 Å². The molecular formula is C29H43N5OS. The van der Waals surface area contributed by atoms with Crippen molar-refractivity contribution in [1.29, 1.82) is 0 Å². The zero-order chi connectivity index (χ0) is 25.9. The molecule has 0 amide bonds. The van der Waals surface area contributed by atoms with Crippen LogP contribution in [-0.4, -0.2) is 66.9 Å². The highest BCUT2D eigenvalue weighted by Crippen LogP contribution is 2.36. The minimum atomic E-state index is 0.490. The van der Waals surface area contributed by atoms with Crippen molar-refractivity contribution in [2.75, 3.05) is 44.4 Å². The molecule has 0 spiro atoms. The third-order valence-electron chi connectivity index (χ3n) is 6.47. The van der Waals surface area contributed by atoms with Gasteiger partial charge < -0.3 is 14.5 Å². The molecule has 36 heavy (non-hydrogen) atoms. The predicted molar refractivity (Wildman–Crippen MR) is 156 cm³/mol. The maximum absolute atomic E-state index is 5.69. The van der Waals surface area contributed by atoms with E-state index in [1.54, 1.807) is 11.3 Å². The van der Waals surface area contributed by atoms with Crippen molar-refractivity contribution in [1.82, 2.24) is 9.88 Å². The van der Waals surface area contributed by atoms with Crippen LogP contribution in [0.4, 0.5) is 5.13 Å². The predicted octanol–water partition coefficient (Wildman–Crippen LogP) is 6.68. The second-order valence-electron chi connectivity index (χ2n) is 9.00. The number of thiazole rings is 1. The molecule has 1 aromatic heterocycles. The van der Waals surface area contributed by atoms with Crippen LogP contribution in [0, 0.1) is 0 Å². The molecule has 7 heteroatoms. The number of anilines is 1. The van der Waals surface area contributed by atoms with Crippen molar-refractivity contribution in [3.63, 3.8) is 0 Å². The molecular weight excluding hydrogens is 466 g/mol. The van der Waals surface area contributed by atoms with E-state index in [1.165, 1.54) is 11.1 Å². The largest absolute Gasteiger partial charge is 0.380 e. The van der Waals surface area contributed by atoms with Crippen molar-refractivity contribution < 1.29 is 4.74 Å². The SMILES string of the molecule is CC.CCC(CC)N1/C=C(/C)CN=C(c2nc(N3CCCOCC3)sc2-c2ccccc2)/C(C)=N\C1. The molecule has 1 aromatic carbocycles. The Labute approximate surface area is 221 Å². The fourth-order valence-electron chi connectivity index (χ4n) is 4.50. The number of aromatic nitrogens is 1. The Hall–Kier alpha value is -2.51. The molecule has 2 aliphatic rings. The number of ether oxygens (including phenoxy) is 1. The number of hydrogen-bond acceptors (Lipinski definition) is 7. The van der Waals surface area contributed by atoms with Crippen LogP contribution < -0.4 is 4.90 Å². The number of aliphatic imine (C=N–C) groups is 2. The van der Waals surface area contributed by atoms with E-state index >= 15 is 0 Å². The maximum Gasteiger partial charge on any atom is 0.186 e. The van der Waals surface area contributed by atoms with Crippen molar-refractivity contribution in [2.45, 2.75) is 66.8 Å². The molecule has 1 saturated heterocycles. The monoisotopic (exact) mass is 509 g/mol. The molecule has 3 heterocycles. The summed E-state index contributed by atoms with van der Waals surface area (Å²) in [6, 6.07) is 11.0. The maximum atomic E-state index is 5.69. The van der Waals surface area contributed by atoms with E-state index in [9.17, 15) is 0 Å². The second-order valence-corrected chi connectivity index (χ2v) is 9.98. The first-order valence-electron chi connectivity index (χ1n) is 13.5. The Morgan fingerprint density at radius 2 is 1.75 bits per heavy atom. The van der Waals surface area contributed by atoms with E-state index in [1.807, 2.05) is 13.8 Å². The zero-order valence-corrected chi connectivity index (χ0v) is 23.8. The summed E-state index contributed by atoms with van der Waals surface area (Å²) in [4.78, 5) is 21.2. The summed E-state index contributed by atoms with van der Waals surface area (Å²) in [7, 11) is 0. The van der Waals surface area contributed by atoms with Crippen molar-refractivity contribution >= 4 is 27.9 Å². The minimum absolute atomic E-state index is 0.490. The average Bonchev–Trinajstić information content (AvgIpc) is 3.19. The molecule has 1 fully saturated rings.